The topological polar surface area (TPSA) is 95.1 Å². The van der Waals surface area contributed by atoms with Gasteiger partial charge < -0.3 is 15.4 Å². The first-order chi connectivity index (χ1) is 8.68. The molecule has 0 aromatic carbocycles. The van der Waals surface area contributed by atoms with Crippen LogP contribution in [-0.2, 0) is 16.0 Å². The first kappa shape index (κ1) is 12.6. The molecular weight excluding hydrogens is 234 g/mol. The molecule has 3 N–H and O–H groups in total. The fraction of sp³-hybridized carbons (Fsp3) is 0.583. The van der Waals surface area contributed by atoms with Gasteiger partial charge in [0.05, 0.1) is 18.2 Å². The van der Waals surface area contributed by atoms with Crippen molar-refractivity contribution in [1.29, 1.82) is 0 Å². The fourth-order valence-corrected chi connectivity index (χ4v) is 2.44. The van der Waals surface area contributed by atoms with Gasteiger partial charge in [-0.3, -0.25) is 9.59 Å². The highest BCUT2D eigenvalue weighted by Crippen LogP contribution is 2.31. The summed E-state index contributed by atoms with van der Waals surface area (Å²) in [6.45, 7) is 0.504. The average molecular weight is 251 g/mol. The highest BCUT2D eigenvalue weighted by atomic mass is 16.4. The Labute approximate surface area is 105 Å². The summed E-state index contributed by atoms with van der Waals surface area (Å²) < 4.78 is 0. The minimum absolute atomic E-state index is 0.139. The number of carboxylic acids is 1. The zero-order valence-corrected chi connectivity index (χ0v) is 10.1. The fourth-order valence-electron chi connectivity index (χ4n) is 2.44. The number of aromatic nitrogens is 2. The molecule has 1 amide bonds. The highest BCUT2D eigenvalue weighted by Gasteiger charge is 2.37. The van der Waals surface area contributed by atoms with Crippen LogP contribution < -0.4 is 5.32 Å². The summed E-state index contributed by atoms with van der Waals surface area (Å²) in [5, 5.41) is 11.8. The Balaban J connectivity index is 1.79. The van der Waals surface area contributed by atoms with E-state index in [0.717, 1.165) is 12.1 Å². The summed E-state index contributed by atoms with van der Waals surface area (Å²) in [6.07, 6.45) is 6.07. The number of hydrogen-bond acceptors (Lipinski definition) is 3. The Bertz CT molecular complexity index is 416. The van der Waals surface area contributed by atoms with Gasteiger partial charge in [-0.2, -0.15) is 0 Å². The molecule has 2 atom stereocenters. The lowest BCUT2D eigenvalue weighted by Gasteiger charge is -2.15. The Hall–Kier alpha value is -1.85. The Kier molecular flexibility index (Phi) is 3.96. The van der Waals surface area contributed by atoms with E-state index in [0.29, 0.717) is 25.8 Å². The van der Waals surface area contributed by atoms with E-state index in [9.17, 15) is 9.59 Å². The van der Waals surface area contributed by atoms with E-state index >= 15 is 0 Å². The van der Waals surface area contributed by atoms with Gasteiger partial charge in [0.1, 0.15) is 0 Å². The number of aromatic amines is 1. The van der Waals surface area contributed by atoms with Gasteiger partial charge in [-0.1, -0.05) is 6.42 Å². The largest absolute Gasteiger partial charge is 0.481 e. The summed E-state index contributed by atoms with van der Waals surface area (Å²) in [7, 11) is 0. The number of hydrogen-bond donors (Lipinski definition) is 3. The second-order valence-electron chi connectivity index (χ2n) is 4.60. The van der Waals surface area contributed by atoms with Gasteiger partial charge in [-0.25, -0.2) is 4.98 Å². The highest BCUT2D eigenvalue weighted by molar-refractivity contribution is 5.85. The lowest BCUT2D eigenvalue weighted by molar-refractivity contribution is -0.146. The predicted octanol–water partition coefficient (Wildman–Crippen LogP) is 0.569. The van der Waals surface area contributed by atoms with E-state index in [-0.39, 0.29) is 11.8 Å². The van der Waals surface area contributed by atoms with Gasteiger partial charge >= 0.3 is 5.97 Å². The predicted molar refractivity (Wildman–Crippen MR) is 63.8 cm³/mol. The van der Waals surface area contributed by atoms with Crippen molar-refractivity contribution in [2.75, 3.05) is 6.54 Å². The Morgan fingerprint density at radius 3 is 2.89 bits per heavy atom. The molecule has 98 valence electrons. The van der Waals surface area contributed by atoms with E-state index in [1.54, 1.807) is 12.5 Å². The lowest BCUT2D eigenvalue weighted by atomic mass is 9.95. The number of carbonyl (C=O) groups excluding carboxylic acids is 1. The number of aliphatic carboxylic acids is 1. The van der Waals surface area contributed by atoms with Crippen LogP contribution in [0.2, 0.25) is 0 Å². The number of rotatable bonds is 5. The summed E-state index contributed by atoms with van der Waals surface area (Å²) in [5.41, 5.74) is 0.955. The Morgan fingerprint density at radius 2 is 2.22 bits per heavy atom. The molecule has 2 unspecified atom stereocenters. The van der Waals surface area contributed by atoms with E-state index in [1.165, 1.54) is 0 Å². The molecule has 1 heterocycles. The van der Waals surface area contributed by atoms with Crippen molar-refractivity contribution in [1.82, 2.24) is 15.3 Å². The van der Waals surface area contributed by atoms with Crippen molar-refractivity contribution in [3.63, 3.8) is 0 Å². The van der Waals surface area contributed by atoms with Gasteiger partial charge in [-0.05, 0) is 12.8 Å². The number of imidazole rings is 1. The van der Waals surface area contributed by atoms with E-state index < -0.39 is 11.9 Å². The number of amides is 1. The van der Waals surface area contributed by atoms with Crippen molar-refractivity contribution in [3.05, 3.63) is 18.2 Å². The van der Waals surface area contributed by atoms with Crippen LogP contribution in [0.15, 0.2) is 12.5 Å². The van der Waals surface area contributed by atoms with Crippen LogP contribution >= 0.6 is 0 Å². The molecule has 1 aliphatic carbocycles. The summed E-state index contributed by atoms with van der Waals surface area (Å²) in [5.74, 6) is -1.89. The van der Waals surface area contributed by atoms with Crippen LogP contribution in [0.5, 0.6) is 0 Å². The van der Waals surface area contributed by atoms with Crippen molar-refractivity contribution in [2.45, 2.75) is 25.7 Å². The van der Waals surface area contributed by atoms with Crippen LogP contribution in [0.4, 0.5) is 0 Å². The SMILES string of the molecule is O=C(O)C1CCCC1C(=O)NCCc1cnc[nH]1. The quantitative estimate of drug-likeness (QED) is 0.713. The lowest BCUT2D eigenvalue weighted by Crippen LogP contribution is -2.36. The maximum Gasteiger partial charge on any atom is 0.307 e. The molecule has 1 fully saturated rings. The zero-order chi connectivity index (χ0) is 13.0. The molecule has 6 heteroatoms. The Morgan fingerprint density at radius 1 is 1.44 bits per heavy atom. The molecule has 0 spiro atoms. The van der Waals surface area contributed by atoms with Crippen LogP contribution in [0, 0.1) is 11.8 Å². The van der Waals surface area contributed by atoms with Gasteiger partial charge in [0.15, 0.2) is 0 Å². The molecule has 18 heavy (non-hydrogen) atoms. The van der Waals surface area contributed by atoms with Crippen molar-refractivity contribution in [3.8, 4) is 0 Å². The van der Waals surface area contributed by atoms with Crippen LogP contribution in [0.25, 0.3) is 0 Å². The smallest absolute Gasteiger partial charge is 0.307 e. The van der Waals surface area contributed by atoms with Gasteiger partial charge in [-0.15, -0.1) is 0 Å². The van der Waals surface area contributed by atoms with Gasteiger partial charge in [0.25, 0.3) is 0 Å². The first-order valence-electron chi connectivity index (χ1n) is 6.16. The maximum absolute atomic E-state index is 11.9. The number of carboxylic acid groups (broad SMARTS) is 1. The van der Waals surface area contributed by atoms with Crippen LogP contribution in [0.1, 0.15) is 25.0 Å². The minimum Gasteiger partial charge on any atom is -0.481 e. The van der Waals surface area contributed by atoms with E-state index in [4.69, 9.17) is 5.11 Å². The third-order valence-corrected chi connectivity index (χ3v) is 3.42. The van der Waals surface area contributed by atoms with Crippen LogP contribution in [-0.4, -0.2) is 33.5 Å². The van der Waals surface area contributed by atoms with Crippen molar-refractivity contribution in [2.24, 2.45) is 11.8 Å². The molecule has 1 aromatic rings. The first-order valence-corrected chi connectivity index (χ1v) is 6.16. The third kappa shape index (κ3) is 2.88. The molecule has 1 aliphatic rings. The number of nitrogens with zero attached hydrogens (tertiary/aromatic N) is 1. The molecule has 1 aromatic heterocycles. The molecule has 2 rings (SSSR count). The number of carbonyl (C=O) groups is 2. The zero-order valence-electron chi connectivity index (χ0n) is 10.1. The number of H-pyrrole nitrogens is 1. The van der Waals surface area contributed by atoms with E-state index in [2.05, 4.69) is 15.3 Å². The summed E-state index contributed by atoms with van der Waals surface area (Å²) in [4.78, 5) is 29.7. The molecule has 6 nitrogen and oxygen atoms in total. The molecular formula is C12H17N3O3. The molecule has 0 saturated heterocycles. The molecule has 0 bridgehead atoms. The van der Waals surface area contributed by atoms with Crippen molar-refractivity contribution >= 4 is 11.9 Å². The number of nitrogens with one attached hydrogen (secondary N) is 2. The summed E-state index contributed by atoms with van der Waals surface area (Å²) in [6, 6.07) is 0. The molecule has 0 aliphatic heterocycles. The molecule has 0 radical (unpaired) electrons. The standard InChI is InChI=1S/C12H17N3O3/c16-11(9-2-1-3-10(9)12(17)18)14-5-4-8-6-13-7-15-8/h6-7,9-10H,1-5H2,(H,13,15)(H,14,16)(H,17,18). The maximum atomic E-state index is 11.9. The van der Waals surface area contributed by atoms with Crippen molar-refractivity contribution < 1.29 is 14.7 Å². The van der Waals surface area contributed by atoms with Crippen LogP contribution in [0.3, 0.4) is 0 Å². The second kappa shape index (κ2) is 5.66. The minimum atomic E-state index is -0.860. The van der Waals surface area contributed by atoms with E-state index in [1.807, 2.05) is 0 Å². The monoisotopic (exact) mass is 251 g/mol. The molecule has 1 saturated carbocycles. The summed E-state index contributed by atoms with van der Waals surface area (Å²) >= 11 is 0. The average Bonchev–Trinajstić information content (AvgIpc) is 2.99. The third-order valence-electron chi connectivity index (χ3n) is 3.42. The normalized spacial score (nSPS) is 22.9. The van der Waals surface area contributed by atoms with Gasteiger partial charge in [0.2, 0.25) is 5.91 Å². The second-order valence-corrected chi connectivity index (χ2v) is 4.60. The van der Waals surface area contributed by atoms with Gasteiger partial charge in [0, 0.05) is 24.9 Å².